The molecule has 0 aliphatic heterocycles. The first kappa shape index (κ1) is 19.6. The average molecular weight is 396 g/mol. The van der Waals surface area contributed by atoms with Gasteiger partial charge in [-0.2, -0.15) is 0 Å². The first-order valence-electron chi connectivity index (χ1n) is 8.62. The Morgan fingerprint density at radius 2 is 1.71 bits per heavy atom. The topological polar surface area (TPSA) is 87.7 Å². The molecule has 2 aromatic carbocycles. The normalized spacial score (nSPS) is 11.5. The van der Waals surface area contributed by atoms with Crippen molar-refractivity contribution in [2.75, 3.05) is 12.4 Å². The predicted molar refractivity (Wildman–Crippen MR) is 108 cm³/mol. The van der Waals surface area contributed by atoms with Crippen molar-refractivity contribution in [2.45, 2.75) is 12.6 Å². The molecule has 0 spiro atoms. The van der Waals surface area contributed by atoms with Crippen molar-refractivity contribution in [3.05, 3.63) is 82.0 Å². The van der Waals surface area contributed by atoms with Gasteiger partial charge in [-0.1, -0.05) is 42.5 Å². The van der Waals surface area contributed by atoms with Crippen LogP contribution in [0.25, 0.3) is 0 Å². The van der Waals surface area contributed by atoms with Crippen molar-refractivity contribution in [2.24, 2.45) is 0 Å². The summed E-state index contributed by atoms with van der Waals surface area (Å²) in [4.78, 5) is 25.8. The summed E-state index contributed by atoms with van der Waals surface area (Å²) in [6.07, 6.45) is -0.718. The van der Waals surface area contributed by atoms with Gasteiger partial charge in [0.15, 0.2) is 0 Å². The van der Waals surface area contributed by atoms with E-state index in [4.69, 9.17) is 4.74 Å². The van der Waals surface area contributed by atoms with Gasteiger partial charge in [-0.25, -0.2) is 0 Å². The summed E-state index contributed by atoms with van der Waals surface area (Å²) in [6, 6.07) is 19.8. The van der Waals surface area contributed by atoms with Crippen molar-refractivity contribution in [1.82, 2.24) is 5.32 Å². The average Bonchev–Trinajstić information content (AvgIpc) is 3.21. The monoisotopic (exact) mass is 396 g/mol. The molecule has 0 bridgehead atoms. The van der Waals surface area contributed by atoms with E-state index < -0.39 is 17.9 Å². The van der Waals surface area contributed by atoms with Gasteiger partial charge in [-0.3, -0.25) is 9.59 Å². The number of nitrogens with one attached hydrogen (secondary N) is 2. The number of aliphatic hydroxyl groups excluding tert-OH is 1. The zero-order chi connectivity index (χ0) is 19.9. The number of aliphatic hydroxyl groups is 1. The number of hydrogen-bond donors (Lipinski definition) is 3. The second kappa shape index (κ2) is 9.16. The first-order chi connectivity index (χ1) is 13.6. The Morgan fingerprint density at radius 3 is 2.46 bits per heavy atom. The number of rotatable bonds is 6. The van der Waals surface area contributed by atoms with Crippen LogP contribution in [0.2, 0.25) is 0 Å². The summed E-state index contributed by atoms with van der Waals surface area (Å²) in [6.45, 7) is 0.199. The molecule has 0 aliphatic carbocycles. The summed E-state index contributed by atoms with van der Waals surface area (Å²) < 4.78 is 5.15. The number of hydrogen-bond acceptors (Lipinski definition) is 5. The second-order valence-corrected chi connectivity index (χ2v) is 7.15. The molecule has 0 radical (unpaired) electrons. The number of anilines is 1. The third kappa shape index (κ3) is 4.76. The zero-order valence-corrected chi connectivity index (χ0v) is 16.0. The Labute approximate surface area is 166 Å². The number of thiophene rings is 1. The van der Waals surface area contributed by atoms with Gasteiger partial charge in [-0.05, 0) is 29.8 Å². The number of carbonyl (C=O) groups is 2. The van der Waals surface area contributed by atoms with E-state index in [2.05, 4.69) is 10.6 Å². The Kier molecular flexibility index (Phi) is 6.41. The van der Waals surface area contributed by atoms with E-state index in [1.54, 1.807) is 24.3 Å². The van der Waals surface area contributed by atoms with E-state index in [0.29, 0.717) is 11.4 Å². The first-order valence-corrected chi connectivity index (χ1v) is 9.44. The maximum atomic E-state index is 12.1. The second-order valence-electron chi connectivity index (χ2n) is 5.95. The molecule has 1 heterocycles. The van der Waals surface area contributed by atoms with Gasteiger partial charge in [0.2, 0.25) is 0 Å². The van der Waals surface area contributed by atoms with Gasteiger partial charge >= 0.3 is 11.8 Å². The Hall–Kier alpha value is -3.16. The lowest BCUT2D eigenvalue weighted by Crippen LogP contribution is -2.34. The number of amides is 2. The molecule has 3 rings (SSSR count). The van der Waals surface area contributed by atoms with Crippen LogP contribution in [-0.4, -0.2) is 24.0 Å². The molecule has 2 amide bonds. The van der Waals surface area contributed by atoms with Crippen LogP contribution in [0.1, 0.15) is 21.4 Å². The van der Waals surface area contributed by atoms with Gasteiger partial charge in [0.25, 0.3) is 0 Å². The molecule has 0 unspecified atom stereocenters. The maximum Gasteiger partial charge on any atom is 0.313 e. The highest BCUT2D eigenvalue weighted by atomic mass is 32.1. The molecule has 28 heavy (non-hydrogen) atoms. The minimum absolute atomic E-state index is 0.199. The van der Waals surface area contributed by atoms with Crippen LogP contribution < -0.4 is 15.4 Å². The summed E-state index contributed by atoms with van der Waals surface area (Å²) in [7, 11) is 1.49. The minimum Gasteiger partial charge on any atom is -0.495 e. The predicted octanol–water partition coefficient (Wildman–Crippen LogP) is 3.09. The lowest BCUT2D eigenvalue weighted by molar-refractivity contribution is -0.136. The molecule has 0 saturated heterocycles. The Balaban J connectivity index is 1.56. The number of carbonyl (C=O) groups excluding carboxylic acids is 2. The third-order valence-corrected chi connectivity index (χ3v) is 5.19. The van der Waals surface area contributed by atoms with E-state index >= 15 is 0 Å². The summed E-state index contributed by atoms with van der Waals surface area (Å²) in [5, 5.41) is 15.5. The van der Waals surface area contributed by atoms with E-state index in [-0.39, 0.29) is 6.54 Å². The van der Waals surface area contributed by atoms with Crippen LogP contribution in [0, 0.1) is 0 Å². The molecular formula is C21H20N2O4S. The van der Waals surface area contributed by atoms with Gasteiger partial charge < -0.3 is 20.5 Å². The highest BCUT2D eigenvalue weighted by Crippen LogP contribution is 2.28. The fraction of sp³-hybridized carbons (Fsp3) is 0.143. The molecule has 6 nitrogen and oxygen atoms in total. The van der Waals surface area contributed by atoms with Crippen LogP contribution in [0.3, 0.4) is 0 Å². The maximum absolute atomic E-state index is 12.1. The number of benzene rings is 2. The Bertz CT molecular complexity index is 956. The molecule has 7 heteroatoms. The van der Waals surface area contributed by atoms with Crippen LogP contribution in [0.15, 0.2) is 66.7 Å². The smallest absolute Gasteiger partial charge is 0.313 e. The van der Waals surface area contributed by atoms with Crippen molar-refractivity contribution < 1.29 is 19.4 Å². The van der Waals surface area contributed by atoms with Crippen molar-refractivity contribution in [1.29, 1.82) is 0 Å². The van der Waals surface area contributed by atoms with Gasteiger partial charge in [0, 0.05) is 9.75 Å². The molecule has 1 aromatic heterocycles. The largest absolute Gasteiger partial charge is 0.495 e. The number of ether oxygens (including phenoxy) is 1. The number of para-hydroxylation sites is 2. The molecule has 0 fully saturated rings. The molecule has 3 N–H and O–H groups in total. The molecule has 1 atom stereocenters. The van der Waals surface area contributed by atoms with Crippen molar-refractivity contribution in [3.8, 4) is 5.75 Å². The molecular weight excluding hydrogens is 376 g/mol. The van der Waals surface area contributed by atoms with Gasteiger partial charge in [0.1, 0.15) is 11.9 Å². The van der Waals surface area contributed by atoms with E-state index in [1.807, 2.05) is 42.5 Å². The van der Waals surface area contributed by atoms with Crippen LogP contribution in [0.5, 0.6) is 5.75 Å². The molecule has 144 valence electrons. The zero-order valence-electron chi connectivity index (χ0n) is 15.2. The Morgan fingerprint density at radius 1 is 1.00 bits per heavy atom. The fourth-order valence-electron chi connectivity index (χ4n) is 2.61. The molecule has 0 aliphatic rings. The van der Waals surface area contributed by atoms with Gasteiger partial charge in [-0.15, -0.1) is 11.3 Å². The van der Waals surface area contributed by atoms with E-state index in [9.17, 15) is 14.7 Å². The summed E-state index contributed by atoms with van der Waals surface area (Å²) >= 11 is 1.38. The standard InChI is InChI=1S/C21H20N2O4S/c1-27-17-10-6-5-9-16(17)23-21(26)20(25)22-13-15-11-12-18(28-15)19(24)14-7-3-2-4-8-14/h2-12,19,24H,13H2,1H3,(H,22,25)(H,23,26)/t19-/m0/s1. The highest BCUT2D eigenvalue weighted by molar-refractivity contribution is 7.12. The van der Waals surface area contributed by atoms with Crippen LogP contribution in [0.4, 0.5) is 5.69 Å². The van der Waals surface area contributed by atoms with Crippen molar-refractivity contribution >= 4 is 28.8 Å². The quantitative estimate of drug-likeness (QED) is 0.559. The minimum atomic E-state index is -0.773. The highest BCUT2D eigenvalue weighted by Gasteiger charge is 2.17. The summed E-state index contributed by atoms with van der Waals surface area (Å²) in [5.41, 5.74) is 1.23. The van der Waals surface area contributed by atoms with E-state index in [0.717, 1.165) is 15.3 Å². The number of methoxy groups -OCH3 is 1. The third-order valence-electron chi connectivity index (χ3n) is 4.05. The SMILES string of the molecule is COc1ccccc1NC(=O)C(=O)NCc1ccc([C@@H](O)c2ccccc2)s1. The van der Waals surface area contributed by atoms with E-state index in [1.165, 1.54) is 18.4 Å². The van der Waals surface area contributed by atoms with Crippen molar-refractivity contribution in [3.63, 3.8) is 0 Å². The van der Waals surface area contributed by atoms with Crippen LogP contribution in [-0.2, 0) is 16.1 Å². The van der Waals surface area contributed by atoms with Gasteiger partial charge in [0.05, 0.1) is 19.3 Å². The lowest BCUT2D eigenvalue weighted by Gasteiger charge is -2.10. The van der Waals surface area contributed by atoms with Crippen LogP contribution >= 0.6 is 11.3 Å². The lowest BCUT2D eigenvalue weighted by atomic mass is 10.1. The fourth-order valence-corrected chi connectivity index (χ4v) is 3.58. The molecule has 3 aromatic rings. The molecule has 0 saturated carbocycles. The summed E-state index contributed by atoms with van der Waals surface area (Å²) in [5.74, 6) is -1.04.